The van der Waals surface area contributed by atoms with Gasteiger partial charge in [-0.05, 0) is 24.0 Å². The largest absolute Gasteiger partial charge is 0.0955 e. The molecule has 0 heterocycles. The Bertz CT molecular complexity index is 359. The molecule has 0 aromatic carbocycles. The molecule has 0 saturated carbocycles. The number of hydrogen-bond donors (Lipinski definition) is 0. The summed E-state index contributed by atoms with van der Waals surface area (Å²) in [7, 11) is 0. The van der Waals surface area contributed by atoms with Crippen molar-refractivity contribution in [1.29, 1.82) is 0 Å². The summed E-state index contributed by atoms with van der Waals surface area (Å²) in [6, 6.07) is 0. The van der Waals surface area contributed by atoms with Crippen LogP contribution in [-0.4, -0.2) is 0 Å². The first-order valence-electron chi connectivity index (χ1n) is 5.31. The van der Waals surface area contributed by atoms with Crippen LogP contribution >= 0.6 is 0 Å². The molecule has 1 rings (SSSR count). The van der Waals surface area contributed by atoms with Gasteiger partial charge in [0.05, 0.1) is 0 Å². The van der Waals surface area contributed by atoms with Crippen LogP contribution in [0.3, 0.4) is 0 Å². The van der Waals surface area contributed by atoms with Crippen molar-refractivity contribution in [3.05, 3.63) is 72.4 Å². The van der Waals surface area contributed by atoms with E-state index in [1.165, 1.54) is 11.1 Å². The molecule has 0 spiro atoms. The Morgan fingerprint density at radius 2 is 2.20 bits per heavy atom. The normalized spacial score (nSPS) is 18.7. The molecule has 1 aliphatic rings. The lowest BCUT2D eigenvalue weighted by Gasteiger charge is -1.91. The van der Waals surface area contributed by atoms with Gasteiger partial charge in [-0.15, -0.1) is 0 Å². The molecule has 15 heavy (non-hydrogen) atoms. The fourth-order valence-corrected chi connectivity index (χ4v) is 1.34. The first kappa shape index (κ1) is 11.5. The van der Waals surface area contributed by atoms with Gasteiger partial charge in [0.15, 0.2) is 0 Å². The maximum Gasteiger partial charge on any atom is -0.00316 e. The van der Waals surface area contributed by atoms with E-state index in [1.807, 2.05) is 18.2 Å². The molecule has 0 amide bonds. The van der Waals surface area contributed by atoms with Crippen LogP contribution in [0.5, 0.6) is 0 Å². The fourth-order valence-electron chi connectivity index (χ4n) is 1.34. The summed E-state index contributed by atoms with van der Waals surface area (Å²) in [5.74, 6) is 0. The van der Waals surface area contributed by atoms with Gasteiger partial charge >= 0.3 is 0 Å². The molecular formula is C15H18. The van der Waals surface area contributed by atoms with Crippen molar-refractivity contribution in [2.75, 3.05) is 0 Å². The van der Waals surface area contributed by atoms with Crippen molar-refractivity contribution in [1.82, 2.24) is 0 Å². The van der Waals surface area contributed by atoms with Crippen LogP contribution in [0.1, 0.15) is 19.8 Å². The van der Waals surface area contributed by atoms with E-state index in [-0.39, 0.29) is 0 Å². The molecule has 0 radical (unpaired) electrons. The van der Waals surface area contributed by atoms with Crippen LogP contribution in [-0.2, 0) is 0 Å². The Morgan fingerprint density at radius 3 is 2.80 bits per heavy atom. The summed E-state index contributed by atoms with van der Waals surface area (Å²) in [5, 5.41) is 0. The van der Waals surface area contributed by atoms with Gasteiger partial charge in [0.2, 0.25) is 0 Å². The predicted molar refractivity (Wildman–Crippen MR) is 68.7 cm³/mol. The summed E-state index contributed by atoms with van der Waals surface area (Å²) >= 11 is 0. The van der Waals surface area contributed by atoms with E-state index in [9.17, 15) is 0 Å². The molecule has 78 valence electrons. The highest BCUT2D eigenvalue weighted by molar-refractivity contribution is 5.41. The third kappa shape index (κ3) is 4.46. The van der Waals surface area contributed by atoms with E-state index in [4.69, 9.17) is 0 Å². The minimum Gasteiger partial charge on any atom is -0.0955 e. The summed E-state index contributed by atoms with van der Waals surface area (Å²) in [6.07, 6.45) is 16.5. The van der Waals surface area contributed by atoms with Crippen molar-refractivity contribution in [3.8, 4) is 0 Å². The molecule has 0 heteroatoms. The van der Waals surface area contributed by atoms with Crippen molar-refractivity contribution in [2.45, 2.75) is 19.8 Å². The van der Waals surface area contributed by atoms with Crippen LogP contribution < -0.4 is 0 Å². The van der Waals surface area contributed by atoms with Crippen LogP contribution in [0.15, 0.2) is 72.4 Å². The fraction of sp³-hybridized carbons (Fsp3) is 0.200. The van der Waals surface area contributed by atoms with Gasteiger partial charge in [-0.25, -0.2) is 0 Å². The quantitative estimate of drug-likeness (QED) is 0.583. The van der Waals surface area contributed by atoms with E-state index in [2.05, 4.69) is 44.4 Å². The van der Waals surface area contributed by atoms with Crippen molar-refractivity contribution in [2.24, 2.45) is 0 Å². The van der Waals surface area contributed by atoms with Gasteiger partial charge in [0.25, 0.3) is 0 Å². The Balaban J connectivity index is 2.46. The lowest BCUT2D eigenvalue weighted by atomic mass is 10.1. The van der Waals surface area contributed by atoms with E-state index >= 15 is 0 Å². The number of rotatable bonds is 4. The third-order valence-electron chi connectivity index (χ3n) is 2.15. The molecule has 0 saturated heterocycles. The van der Waals surface area contributed by atoms with E-state index in [0.717, 1.165) is 18.4 Å². The molecule has 0 bridgehead atoms. The Kier molecular flexibility index (Phi) is 4.62. The van der Waals surface area contributed by atoms with Crippen molar-refractivity contribution in [3.63, 3.8) is 0 Å². The Hall–Kier alpha value is -1.56. The highest BCUT2D eigenvalue weighted by atomic mass is 14.1. The lowest BCUT2D eigenvalue weighted by molar-refractivity contribution is 1.22. The summed E-state index contributed by atoms with van der Waals surface area (Å²) in [5.41, 5.74) is 3.53. The zero-order valence-corrected chi connectivity index (χ0v) is 9.37. The van der Waals surface area contributed by atoms with Gasteiger partial charge in [-0.1, -0.05) is 68.2 Å². The van der Waals surface area contributed by atoms with Gasteiger partial charge in [0.1, 0.15) is 0 Å². The highest BCUT2D eigenvalue weighted by Gasteiger charge is 2.00. The molecule has 0 aliphatic heterocycles. The molecule has 0 N–H and O–H groups in total. The lowest BCUT2D eigenvalue weighted by Crippen LogP contribution is -1.71. The average molecular weight is 198 g/mol. The molecule has 0 fully saturated rings. The summed E-state index contributed by atoms with van der Waals surface area (Å²) < 4.78 is 0. The molecule has 0 nitrogen and oxygen atoms in total. The standard InChI is InChI=1S/C15H18/c1-4-5-7-13(2)8-6-9-15-11-10-14(3)12-15/h5-11H,2-4,12H2,1H3/b7-5-,8-6-,15-9-. The minimum absolute atomic E-state index is 0.974. The topological polar surface area (TPSA) is 0 Å². The Morgan fingerprint density at radius 1 is 1.40 bits per heavy atom. The highest BCUT2D eigenvalue weighted by Crippen LogP contribution is 2.19. The van der Waals surface area contributed by atoms with Gasteiger partial charge in [-0.3, -0.25) is 0 Å². The SMILES string of the molecule is C=C(/C=C\C=C1\C=CC(=C)C1)/C=C\CC. The van der Waals surface area contributed by atoms with Gasteiger partial charge in [-0.2, -0.15) is 0 Å². The molecular weight excluding hydrogens is 180 g/mol. The zero-order valence-electron chi connectivity index (χ0n) is 9.37. The molecule has 1 aliphatic carbocycles. The first-order chi connectivity index (χ1) is 7.22. The average Bonchev–Trinajstić information content (AvgIpc) is 2.61. The van der Waals surface area contributed by atoms with E-state index < -0.39 is 0 Å². The smallest absolute Gasteiger partial charge is 0.00316 e. The number of allylic oxidation sites excluding steroid dienone is 10. The first-order valence-corrected chi connectivity index (χ1v) is 5.31. The second kappa shape index (κ2) is 6.02. The van der Waals surface area contributed by atoms with Crippen molar-refractivity contribution < 1.29 is 0 Å². The second-order valence-electron chi connectivity index (χ2n) is 3.65. The maximum atomic E-state index is 3.93. The number of hydrogen-bond acceptors (Lipinski definition) is 0. The zero-order chi connectivity index (χ0) is 11.1. The summed E-state index contributed by atoms with van der Waals surface area (Å²) in [4.78, 5) is 0. The van der Waals surface area contributed by atoms with Crippen LogP contribution in [0, 0.1) is 0 Å². The van der Waals surface area contributed by atoms with Crippen LogP contribution in [0.4, 0.5) is 0 Å². The predicted octanol–water partition coefficient (Wildman–Crippen LogP) is 4.51. The third-order valence-corrected chi connectivity index (χ3v) is 2.15. The molecule has 0 aromatic rings. The van der Waals surface area contributed by atoms with E-state index in [0.29, 0.717) is 0 Å². The van der Waals surface area contributed by atoms with E-state index in [1.54, 1.807) is 0 Å². The maximum absolute atomic E-state index is 3.93. The van der Waals surface area contributed by atoms with Crippen LogP contribution in [0.25, 0.3) is 0 Å². The molecule has 0 unspecified atom stereocenters. The second-order valence-corrected chi connectivity index (χ2v) is 3.65. The molecule has 0 aromatic heterocycles. The Labute approximate surface area is 92.7 Å². The monoisotopic (exact) mass is 198 g/mol. The molecule has 0 atom stereocenters. The summed E-state index contributed by atoms with van der Waals surface area (Å²) in [6.45, 7) is 9.96. The van der Waals surface area contributed by atoms with Gasteiger partial charge in [0, 0.05) is 0 Å². The van der Waals surface area contributed by atoms with Gasteiger partial charge < -0.3 is 0 Å². The minimum atomic E-state index is 0.974. The van der Waals surface area contributed by atoms with Crippen molar-refractivity contribution >= 4 is 0 Å². The van der Waals surface area contributed by atoms with Crippen LogP contribution in [0.2, 0.25) is 0 Å².